The van der Waals surface area contributed by atoms with E-state index < -0.39 is 0 Å². The first-order valence-electron chi connectivity index (χ1n) is 5.74. The van der Waals surface area contributed by atoms with Crippen molar-refractivity contribution < 1.29 is 9.53 Å². The van der Waals surface area contributed by atoms with Crippen molar-refractivity contribution in [1.29, 1.82) is 0 Å². The van der Waals surface area contributed by atoms with Crippen LogP contribution in [-0.4, -0.2) is 26.1 Å². The van der Waals surface area contributed by atoms with Gasteiger partial charge in [0.25, 0.3) is 0 Å². The molecule has 0 aliphatic rings. The number of rotatable bonds is 5. The number of anilines is 1. The quantitative estimate of drug-likeness (QED) is 0.820. The maximum absolute atomic E-state index is 11.5. The van der Waals surface area contributed by atoms with Crippen LogP contribution in [0.5, 0.6) is 5.75 Å². The van der Waals surface area contributed by atoms with Crippen LogP contribution in [0.3, 0.4) is 0 Å². The van der Waals surface area contributed by atoms with E-state index in [1.807, 2.05) is 32.9 Å². The van der Waals surface area contributed by atoms with E-state index in [2.05, 4.69) is 10.6 Å². The molecule has 4 heteroatoms. The van der Waals surface area contributed by atoms with Gasteiger partial charge in [-0.2, -0.15) is 0 Å². The van der Waals surface area contributed by atoms with Crippen molar-refractivity contribution in [3.63, 3.8) is 0 Å². The van der Waals surface area contributed by atoms with Gasteiger partial charge in [0.1, 0.15) is 5.75 Å². The van der Waals surface area contributed by atoms with Gasteiger partial charge in [0, 0.05) is 5.69 Å². The van der Waals surface area contributed by atoms with Gasteiger partial charge >= 0.3 is 0 Å². The number of carbonyl (C=O) groups is 1. The van der Waals surface area contributed by atoms with Crippen LogP contribution in [0.25, 0.3) is 0 Å². The molecule has 0 unspecified atom stereocenters. The Morgan fingerprint density at radius 3 is 2.35 bits per heavy atom. The number of likely N-dealkylation sites (N-methyl/N-ethyl adjacent to an activating group) is 1. The highest BCUT2D eigenvalue weighted by molar-refractivity contribution is 5.92. The van der Waals surface area contributed by atoms with Crippen molar-refractivity contribution in [3.8, 4) is 5.75 Å². The second-order valence-electron chi connectivity index (χ2n) is 3.97. The molecule has 0 saturated heterocycles. The van der Waals surface area contributed by atoms with Gasteiger partial charge < -0.3 is 15.4 Å². The Labute approximate surface area is 102 Å². The number of benzene rings is 1. The van der Waals surface area contributed by atoms with E-state index in [1.165, 1.54) is 0 Å². The Morgan fingerprint density at radius 1 is 1.29 bits per heavy atom. The van der Waals surface area contributed by atoms with Crippen LogP contribution < -0.4 is 15.4 Å². The topological polar surface area (TPSA) is 50.4 Å². The summed E-state index contributed by atoms with van der Waals surface area (Å²) in [5.74, 6) is 0.838. The SMILES string of the molecule is CCNCC(=O)Nc1cc(C)c(OC)c(C)c1. The maximum atomic E-state index is 11.5. The van der Waals surface area contributed by atoms with Crippen molar-refractivity contribution >= 4 is 11.6 Å². The molecule has 1 amide bonds. The Bertz CT molecular complexity index is 379. The first-order valence-corrected chi connectivity index (χ1v) is 5.74. The van der Waals surface area contributed by atoms with Gasteiger partial charge in [-0.25, -0.2) is 0 Å². The molecule has 0 heterocycles. The highest BCUT2D eigenvalue weighted by Crippen LogP contribution is 2.26. The minimum absolute atomic E-state index is 0.0317. The van der Waals surface area contributed by atoms with Crippen LogP contribution in [0, 0.1) is 13.8 Å². The zero-order valence-corrected chi connectivity index (χ0v) is 10.9. The van der Waals surface area contributed by atoms with Crippen LogP contribution in [0.15, 0.2) is 12.1 Å². The predicted molar refractivity (Wildman–Crippen MR) is 69.6 cm³/mol. The lowest BCUT2D eigenvalue weighted by molar-refractivity contribution is -0.115. The molecule has 2 N–H and O–H groups in total. The summed E-state index contributed by atoms with van der Waals surface area (Å²) in [6.07, 6.45) is 0. The van der Waals surface area contributed by atoms with Crippen molar-refractivity contribution in [2.75, 3.05) is 25.5 Å². The molecule has 0 spiro atoms. The summed E-state index contributed by atoms with van der Waals surface area (Å²) in [5.41, 5.74) is 2.85. The number of ether oxygens (including phenoxy) is 1. The molecule has 0 atom stereocenters. The standard InChI is InChI=1S/C13H20N2O2/c1-5-14-8-12(16)15-11-6-9(2)13(17-4)10(3)7-11/h6-7,14H,5,8H2,1-4H3,(H,15,16). The third-order valence-corrected chi connectivity index (χ3v) is 2.48. The summed E-state index contributed by atoms with van der Waals surface area (Å²) >= 11 is 0. The summed E-state index contributed by atoms with van der Waals surface area (Å²) in [6.45, 7) is 7.02. The largest absolute Gasteiger partial charge is 0.496 e. The highest BCUT2D eigenvalue weighted by atomic mass is 16.5. The average molecular weight is 236 g/mol. The minimum atomic E-state index is -0.0317. The lowest BCUT2D eigenvalue weighted by atomic mass is 10.1. The van der Waals surface area contributed by atoms with Crippen LogP contribution in [0.4, 0.5) is 5.69 Å². The van der Waals surface area contributed by atoms with Crippen molar-refractivity contribution in [3.05, 3.63) is 23.3 Å². The second kappa shape index (κ2) is 6.25. The number of hydrogen-bond donors (Lipinski definition) is 2. The van der Waals surface area contributed by atoms with Crippen LogP contribution in [0.2, 0.25) is 0 Å². The molecule has 4 nitrogen and oxygen atoms in total. The van der Waals surface area contributed by atoms with E-state index in [4.69, 9.17) is 4.74 Å². The van der Waals surface area contributed by atoms with E-state index in [0.717, 1.165) is 29.1 Å². The molecule has 1 rings (SSSR count). The molecular formula is C13H20N2O2. The maximum Gasteiger partial charge on any atom is 0.238 e. The molecule has 1 aromatic carbocycles. The van der Waals surface area contributed by atoms with Crippen LogP contribution in [0.1, 0.15) is 18.1 Å². The molecule has 0 bridgehead atoms. The summed E-state index contributed by atoms with van der Waals surface area (Å²) < 4.78 is 5.28. The van der Waals surface area contributed by atoms with E-state index in [9.17, 15) is 4.79 Å². The first-order chi connectivity index (χ1) is 8.08. The molecule has 0 saturated carbocycles. The van der Waals surface area contributed by atoms with Crippen LogP contribution in [-0.2, 0) is 4.79 Å². The summed E-state index contributed by atoms with van der Waals surface area (Å²) in [5, 5.41) is 5.84. The third-order valence-electron chi connectivity index (χ3n) is 2.48. The van der Waals surface area contributed by atoms with Gasteiger partial charge in [-0.3, -0.25) is 4.79 Å². The lowest BCUT2D eigenvalue weighted by Crippen LogP contribution is -2.27. The molecule has 0 aliphatic heterocycles. The van der Waals surface area contributed by atoms with Gasteiger partial charge in [0.15, 0.2) is 0 Å². The van der Waals surface area contributed by atoms with Crippen molar-refractivity contribution in [2.24, 2.45) is 0 Å². The lowest BCUT2D eigenvalue weighted by Gasteiger charge is -2.12. The minimum Gasteiger partial charge on any atom is -0.496 e. The number of carbonyl (C=O) groups excluding carboxylic acids is 1. The number of hydrogen-bond acceptors (Lipinski definition) is 3. The second-order valence-corrected chi connectivity index (χ2v) is 3.97. The zero-order valence-electron chi connectivity index (χ0n) is 10.9. The van der Waals surface area contributed by atoms with Gasteiger partial charge in [-0.05, 0) is 43.7 Å². The monoisotopic (exact) mass is 236 g/mol. The summed E-state index contributed by atoms with van der Waals surface area (Å²) in [4.78, 5) is 11.5. The fourth-order valence-electron chi connectivity index (χ4n) is 1.79. The Morgan fingerprint density at radius 2 is 1.88 bits per heavy atom. The summed E-state index contributed by atoms with van der Waals surface area (Å²) in [7, 11) is 1.65. The van der Waals surface area contributed by atoms with Crippen molar-refractivity contribution in [1.82, 2.24) is 5.32 Å². The Balaban J connectivity index is 2.76. The van der Waals surface area contributed by atoms with Crippen LogP contribution >= 0.6 is 0 Å². The number of aryl methyl sites for hydroxylation is 2. The zero-order chi connectivity index (χ0) is 12.8. The number of amides is 1. The van der Waals surface area contributed by atoms with E-state index >= 15 is 0 Å². The van der Waals surface area contributed by atoms with E-state index in [-0.39, 0.29) is 5.91 Å². The van der Waals surface area contributed by atoms with E-state index in [1.54, 1.807) is 7.11 Å². The fourth-order valence-corrected chi connectivity index (χ4v) is 1.79. The number of methoxy groups -OCH3 is 1. The smallest absolute Gasteiger partial charge is 0.238 e. The van der Waals surface area contributed by atoms with Gasteiger partial charge in [0.2, 0.25) is 5.91 Å². The first kappa shape index (κ1) is 13.5. The molecule has 0 aliphatic carbocycles. The number of nitrogens with one attached hydrogen (secondary N) is 2. The molecule has 0 radical (unpaired) electrons. The fraction of sp³-hybridized carbons (Fsp3) is 0.462. The molecule has 0 aromatic heterocycles. The van der Waals surface area contributed by atoms with Gasteiger partial charge in [0.05, 0.1) is 13.7 Å². The molecule has 0 fully saturated rings. The third kappa shape index (κ3) is 3.75. The predicted octanol–water partition coefficient (Wildman–Crippen LogP) is 1.86. The molecular weight excluding hydrogens is 216 g/mol. The summed E-state index contributed by atoms with van der Waals surface area (Å²) in [6, 6.07) is 3.82. The molecule has 1 aromatic rings. The Hall–Kier alpha value is -1.55. The molecule has 94 valence electrons. The van der Waals surface area contributed by atoms with Crippen molar-refractivity contribution in [2.45, 2.75) is 20.8 Å². The van der Waals surface area contributed by atoms with Gasteiger partial charge in [-0.15, -0.1) is 0 Å². The average Bonchev–Trinajstić information content (AvgIpc) is 2.26. The van der Waals surface area contributed by atoms with Gasteiger partial charge in [-0.1, -0.05) is 6.92 Å². The Kier molecular flexibility index (Phi) is 4.97. The van der Waals surface area contributed by atoms with E-state index in [0.29, 0.717) is 6.54 Å². The molecule has 17 heavy (non-hydrogen) atoms. The highest BCUT2D eigenvalue weighted by Gasteiger charge is 2.07. The normalized spacial score (nSPS) is 10.1.